The molecule has 1 heterocycles. The van der Waals surface area contributed by atoms with Crippen LogP contribution in [-0.2, 0) is 17.8 Å². The second-order valence-corrected chi connectivity index (χ2v) is 7.18. The summed E-state index contributed by atoms with van der Waals surface area (Å²) in [5.74, 6) is -0.330. The number of thiazole rings is 1. The molecule has 0 radical (unpaired) electrons. The van der Waals surface area contributed by atoms with Gasteiger partial charge in [0, 0.05) is 17.0 Å². The van der Waals surface area contributed by atoms with Crippen LogP contribution in [0.1, 0.15) is 21.0 Å². The number of carbonyl (C=O) groups is 1. The van der Waals surface area contributed by atoms with Crippen molar-refractivity contribution >= 4 is 17.2 Å². The fourth-order valence-electron chi connectivity index (χ4n) is 2.63. The van der Waals surface area contributed by atoms with Crippen LogP contribution >= 0.6 is 11.3 Å². The molecule has 0 saturated carbocycles. The van der Waals surface area contributed by atoms with Crippen molar-refractivity contribution < 1.29 is 9.18 Å². The molecule has 1 amide bonds. The number of nitrogens with one attached hydrogen (secondary N) is 1. The molecule has 0 aliphatic rings. The van der Waals surface area contributed by atoms with Crippen molar-refractivity contribution in [2.24, 2.45) is 0 Å². The van der Waals surface area contributed by atoms with E-state index >= 15 is 0 Å². The number of carbonyl (C=O) groups excluding carboxylic acids is 1. The molecular weight excluding hydrogens is 335 g/mol. The fraction of sp³-hybridized carbons (Fsp3) is 0.200. The number of aryl methyl sites for hydroxylation is 2. The van der Waals surface area contributed by atoms with E-state index in [1.165, 1.54) is 23.5 Å². The summed E-state index contributed by atoms with van der Waals surface area (Å²) < 4.78 is 13.1. The molecule has 1 aromatic heterocycles. The molecule has 3 aromatic rings. The van der Waals surface area contributed by atoms with Crippen LogP contribution in [-0.4, -0.2) is 10.9 Å². The third kappa shape index (κ3) is 4.31. The summed E-state index contributed by atoms with van der Waals surface area (Å²) in [6, 6.07) is 14.2. The number of hydrogen-bond donors (Lipinski definition) is 1. The maximum absolute atomic E-state index is 13.1. The van der Waals surface area contributed by atoms with Crippen LogP contribution in [0, 0.1) is 19.7 Å². The number of aromatic nitrogens is 1. The number of nitrogens with zero attached hydrogens (tertiary/aromatic N) is 1. The van der Waals surface area contributed by atoms with Crippen molar-refractivity contribution in [1.29, 1.82) is 0 Å². The molecule has 0 atom stereocenters. The van der Waals surface area contributed by atoms with E-state index in [0.29, 0.717) is 6.54 Å². The van der Waals surface area contributed by atoms with Gasteiger partial charge >= 0.3 is 0 Å². The standard InChI is InChI=1S/C20H19FN2OS/c1-13-5-3-4-6-16(13)12-22-19(24)11-18-20(23-14(2)25-18)15-7-9-17(21)10-8-15/h3-10H,11-12H2,1-2H3,(H,22,24). The molecule has 128 valence electrons. The smallest absolute Gasteiger partial charge is 0.225 e. The molecule has 0 bridgehead atoms. The van der Waals surface area contributed by atoms with Crippen LogP contribution < -0.4 is 5.32 Å². The summed E-state index contributed by atoms with van der Waals surface area (Å²) in [5.41, 5.74) is 3.85. The first-order valence-electron chi connectivity index (χ1n) is 8.06. The highest BCUT2D eigenvalue weighted by molar-refractivity contribution is 7.12. The van der Waals surface area contributed by atoms with E-state index in [-0.39, 0.29) is 18.1 Å². The third-order valence-electron chi connectivity index (χ3n) is 3.98. The van der Waals surface area contributed by atoms with Gasteiger partial charge in [-0.2, -0.15) is 0 Å². The van der Waals surface area contributed by atoms with Gasteiger partial charge in [-0.15, -0.1) is 11.3 Å². The van der Waals surface area contributed by atoms with Gasteiger partial charge in [-0.05, 0) is 49.2 Å². The van der Waals surface area contributed by atoms with Crippen molar-refractivity contribution in [2.45, 2.75) is 26.8 Å². The zero-order chi connectivity index (χ0) is 17.8. The summed E-state index contributed by atoms with van der Waals surface area (Å²) in [4.78, 5) is 17.8. The van der Waals surface area contributed by atoms with Gasteiger partial charge in [0.1, 0.15) is 5.82 Å². The van der Waals surface area contributed by atoms with Gasteiger partial charge in [0.2, 0.25) is 5.91 Å². The number of amides is 1. The second-order valence-electron chi connectivity index (χ2n) is 5.89. The Bertz CT molecular complexity index is 887. The van der Waals surface area contributed by atoms with Crippen molar-refractivity contribution in [2.75, 3.05) is 0 Å². The van der Waals surface area contributed by atoms with E-state index < -0.39 is 0 Å². The Labute approximate surface area is 150 Å². The van der Waals surface area contributed by atoms with Crippen molar-refractivity contribution in [1.82, 2.24) is 10.3 Å². The first kappa shape index (κ1) is 17.3. The molecule has 2 aromatic carbocycles. The van der Waals surface area contributed by atoms with E-state index in [2.05, 4.69) is 10.3 Å². The molecule has 0 unspecified atom stereocenters. The van der Waals surface area contributed by atoms with E-state index in [0.717, 1.165) is 32.3 Å². The maximum atomic E-state index is 13.1. The molecule has 0 aliphatic carbocycles. The van der Waals surface area contributed by atoms with Crippen molar-refractivity contribution in [3.63, 3.8) is 0 Å². The van der Waals surface area contributed by atoms with Gasteiger partial charge in [-0.3, -0.25) is 4.79 Å². The van der Waals surface area contributed by atoms with Crippen LogP contribution in [0.25, 0.3) is 11.3 Å². The summed E-state index contributed by atoms with van der Waals surface area (Å²) in [7, 11) is 0. The largest absolute Gasteiger partial charge is 0.352 e. The highest BCUT2D eigenvalue weighted by atomic mass is 32.1. The van der Waals surface area contributed by atoms with Crippen LogP contribution in [0.4, 0.5) is 4.39 Å². The Hall–Kier alpha value is -2.53. The van der Waals surface area contributed by atoms with Gasteiger partial charge in [-0.1, -0.05) is 24.3 Å². The van der Waals surface area contributed by atoms with Crippen LogP contribution in [0.3, 0.4) is 0 Å². The minimum atomic E-state index is -0.284. The number of hydrogen-bond acceptors (Lipinski definition) is 3. The van der Waals surface area contributed by atoms with E-state index in [9.17, 15) is 9.18 Å². The zero-order valence-corrected chi connectivity index (χ0v) is 15.0. The zero-order valence-electron chi connectivity index (χ0n) is 14.2. The molecule has 3 nitrogen and oxygen atoms in total. The Morgan fingerprint density at radius 2 is 1.84 bits per heavy atom. The lowest BCUT2D eigenvalue weighted by atomic mass is 10.1. The van der Waals surface area contributed by atoms with E-state index in [4.69, 9.17) is 0 Å². The molecule has 0 spiro atoms. The lowest BCUT2D eigenvalue weighted by molar-refractivity contribution is -0.120. The number of benzene rings is 2. The summed E-state index contributed by atoms with van der Waals surface area (Å²) in [5, 5.41) is 3.86. The van der Waals surface area contributed by atoms with Crippen molar-refractivity contribution in [3.8, 4) is 11.3 Å². The molecule has 0 fully saturated rings. The average Bonchev–Trinajstić information content (AvgIpc) is 2.95. The number of halogens is 1. The SMILES string of the molecule is Cc1nc(-c2ccc(F)cc2)c(CC(=O)NCc2ccccc2C)s1. The van der Waals surface area contributed by atoms with Gasteiger partial charge in [-0.25, -0.2) is 9.37 Å². The molecular formula is C20H19FN2OS. The highest BCUT2D eigenvalue weighted by Gasteiger charge is 2.15. The third-order valence-corrected chi connectivity index (χ3v) is 4.95. The highest BCUT2D eigenvalue weighted by Crippen LogP contribution is 2.28. The molecule has 0 aliphatic heterocycles. The second kappa shape index (κ2) is 7.57. The quantitative estimate of drug-likeness (QED) is 0.737. The van der Waals surface area contributed by atoms with Crippen LogP contribution in [0.15, 0.2) is 48.5 Å². The first-order valence-corrected chi connectivity index (χ1v) is 8.88. The fourth-order valence-corrected chi connectivity index (χ4v) is 3.59. The minimum Gasteiger partial charge on any atom is -0.352 e. The molecule has 0 saturated heterocycles. The van der Waals surface area contributed by atoms with Gasteiger partial charge in [0.05, 0.1) is 17.1 Å². The summed E-state index contributed by atoms with van der Waals surface area (Å²) >= 11 is 1.50. The predicted octanol–water partition coefficient (Wildman–Crippen LogP) is 4.42. The number of rotatable bonds is 5. The average molecular weight is 354 g/mol. The van der Waals surface area contributed by atoms with E-state index in [1.807, 2.05) is 38.1 Å². The van der Waals surface area contributed by atoms with E-state index in [1.54, 1.807) is 12.1 Å². The maximum Gasteiger partial charge on any atom is 0.225 e. The minimum absolute atomic E-state index is 0.0461. The van der Waals surface area contributed by atoms with Gasteiger partial charge in [0.25, 0.3) is 0 Å². The molecule has 25 heavy (non-hydrogen) atoms. The monoisotopic (exact) mass is 354 g/mol. The summed E-state index contributed by atoms with van der Waals surface area (Å²) in [6.07, 6.45) is 0.268. The lowest BCUT2D eigenvalue weighted by Crippen LogP contribution is -2.24. The van der Waals surface area contributed by atoms with Gasteiger partial charge in [0.15, 0.2) is 0 Å². The topological polar surface area (TPSA) is 42.0 Å². The summed E-state index contributed by atoms with van der Waals surface area (Å²) in [6.45, 7) is 4.45. The lowest BCUT2D eigenvalue weighted by Gasteiger charge is -2.08. The molecule has 3 rings (SSSR count). The Morgan fingerprint density at radius 3 is 2.56 bits per heavy atom. The van der Waals surface area contributed by atoms with Crippen molar-refractivity contribution in [3.05, 3.63) is 75.4 Å². The Kier molecular flexibility index (Phi) is 5.24. The molecule has 1 N–H and O–H groups in total. The normalized spacial score (nSPS) is 10.7. The van der Waals surface area contributed by atoms with Crippen LogP contribution in [0.5, 0.6) is 0 Å². The van der Waals surface area contributed by atoms with Crippen LogP contribution in [0.2, 0.25) is 0 Å². The Balaban J connectivity index is 1.71. The van der Waals surface area contributed by atoms with Gasteiger partial charge < -0.3 is 5.32 Å². The Morgan fingerprint density at radius 1 is 1.12 bits per heavy atom. The first-order chi connectivity index (χ1) is 12.0. The predicted molar refractivity (Wildman–Crippen MR) is 99.0 cm³/mol. The molecule has 5 heteroatoms.